The predicted octanol–water partition coefficient (Wildman–Crippen LogP) is 6.29. The Bertz CT molecular complexity index is 1200. The van der Waals surface area contributed by atoms with Crippen molar-refractivity contribution in [3.05, 3.63) is 55.7 Å². The van der Waals surface area contributed by atoms with E-state index in [1.165, 1.54) is 41.7 Å². The van der Waals surface area contributed by atoms with Crippen LogP contribution in [0.1, 0.15) is 20.3 Å². The fourth-order valence-corrected chi connectivity index (χ4v) is 7.51. The molecule has 0 spiro atoms. The molecule has 154 valence electrons. The van der Waals surface area contributed by atoms with Gasteiger partial charge in [-0.15, -0.1) is 0 Å². The Labute approximate surface area is 180 Å². The number of fused-ring (bicyclic) bond motifs is 2. The van der Waals surface area contributed by atoms with Gasteiger partial charge in [0.1, 0.15) is 5.58 Å². The number of benzene rings is 2. The van der Waals surface area contributed by atoms with Crippen molar-refractivity contribution in [2.75, 3.05) is 12.4 Å². The highest BCUT2D eigenvalue weighted by Crippen LogP contribution is 2.61. The van der Waals surface area contributed by atoms with Gasteiger partial charge in [0, 0.05) is 29.0 Å². The third-order valence-electron chi connectivity index (χ3n) is 3.85. The lowest BCUT2D eigenvalue weighted by molar-refractivity contribution is -0.384. The summed E-state index contributed by atoms with van der Waals surface area (Å²) in [5, 5.41) is 11.5. The lowest BCUT2D eigenvalue weighted by atomic mass is 10.1. The van der Waals surface area contributed by atoms with Crippen molar-refractivity contribution in [2.24, 2.45) is 0 Å². The highest BCUT2D eigenvalue weighted by Gasteiger charge is 2.24. The molecular weight excluding hydrogens is 457 g/mol. The molecule has 1 aromatic heterocycles. The number of halogens is 1. The van der Waals surface area contributed by atoms with Crippen LogP contribution in [0.4, 0.5) is 5.69 Å². The van der Waals surface area contributed by atoms with Gasteiger partial charge in [0.2, 0.25) is 5.43 Å². The van der Waals surface area contributed by atoms with Crippen molar-refractivity contribution in [3.63, 3.8) is 0 Å². The molecular formula is C18H17ClNO6PS2. The maximum atomic E-state index is 13.0. The van der Waals surface area contributed by atoms with E-state index in [0.29, 0.717) is 6.61 Å². The summed E-state index contributed by atoms with van der Waals surface area (Å²) >= 11 is 13.2. The number of nitro benzene ring substituents is 1. The number of nitrogens with zero attached hydrogens (tertiary/aromatic N) is 1. The van der Waals surface area contributed by atoms with Crippen molar-refractivity contribution in [3.8, 4) is 5.75 Å². The average Bonchev–Trinajstić information content (AvgIpc) is 2.67. The summed E-state index contributed by atoms with van der Waals surface area (Å²) in [5.74, 6) is 0.969. The fraction of sp³-hybridized carbons (Fsp3) is 0.278. The summed E-state index contributed by atoms with van der Waals surface area (Å²) < 4.78 is 17.6. The first-order chi connectivity index (χ1) is 13.8. The van der Waals surface area contributed by atoms with Crippen molar-refractivity contribution < 1.29 is 18.4 Å². The normalized spacial score (nSPS) is 13.5. The molecule has 7 nitrogen and oxygen atoms in total. The maximum absolute atomic E-state index is 13.0. The van der Waals surface area contributed by atoms with Gasteiger partial charge in [-0.1, -0.05) is 29.9 Å². The van der Waals surface area contributed by atoms with Crippen LogP contribution in [-0.2, 0) is 16.3 Å². The standard InChI is InChI=1S/C18H17ClNO6PS2/c1-3-7-29-27(28,24-4-2)26-16-9-11(19)8-14-17(21)13-10-12(20(22)23)5-6-15(13)25-18(14)16/h5-6,8-10H,3-4,7H2,1-2H3. The summed E-state index contributed by atoms with van der Waals surface area (Å²) in [6.45, 7) is 4.23. The molecule has 0 bridgehead atoms. The van der Waals surface area contributed by atoms with Gasteiger partial charge in [-0.05, 0) is 37.3 Å². The minimum atomic E-state index is -2.74. The van der Waals surface area contributed by atoms with E-state index in [-0.39, 0.29) is 38.4 Å². The molecule has 1 unspecified atom stereocenters. The quantitative estimate of drug-likeness (QED) is 0.163. The minimum absolute atomic E-state index is 0.0875. The van der Waals surface area contributed by atoms with Crippen LogP contribution in [0.5, 0.6) is 5.75 Å². The zero-order chi connectivity index (χ0) is 21.2. The molecule has 2 aromatic carbocycles. The molecule has 0 aliphatic heterocycles. The highest BCUT2D eigenvalue weighted by molar-refractivity contribution is 8.68. The SMILES string of the molecule is CCCSP(=S)(OCC)Oc1cc(Cl)cc2c(=O)c3cc([N+](=O)[O-])ccc3oc12. The molecule has 3 rings (SSSR count). The average molecular weight is 474 g/mol. The van der Waals surface area contributed by atoms with Crippen molar-refractivity contribution in [2.45, 2.75) is 20.3 Å². The molecule has 0 N–H and O–H groups in total. The largest absolute Gasteiger partial charge is 0.452 e. The minimum Gasteiger partial charge on any atom is -0.452 e. The van der Waals surface area contributed by atoms with Gasteiger partial charge in [-0.2, -0.15) is 0 Å². The van der Waals surface area contributed by atoms with E-state index in [4.69, 9.17) is 36.9 Å². The monoisotopic (exact) mass is 473 g/mol. The van der Waals surface area contributed by atoms with E-state index >= 15 is 0 Å². The number of hydrogen-bond donors (Lipinski definition) is 0. The molecule has 0 radical (unpaired) electrons. The van der Waals surface area contributed by atoms with Crippen LogP contribution in [0, 0.1) is 10.1 Å². The number of non-ortho nitro benzene ring substituents is 1. The van der Waals surface area contributed by atoms with Crippen molar-refractivity contribution in [1.29, 1.82) is 0 Å². The molecule has 11 heteroatoms. The lowest BCUT2D eigenvalue weighted by Gasteiger charge is -2.22. The van der Waals surface area contributed by atoms with Gasteiger partial charge in [0.25, 0.3) is 11.4 Å². The topological polar surface area (TPSA) is 91.8 Å². The number of nitro groups is 1. The Morgan fingerprint density at radius 1 is 1.28 bits per heavy atom. The second-order valence-corrected chi connectivity index (χ2v) is 12.7. The molecule has 0 amide bonds. The van der Waals surface area contributed by atoms with Gasteiger partial charge in [-0.25, -0.2) is 0 Å². The zero-order valence-corrected chi connectivity index (χ0v) is 18.8. The third kappa shape index (κ3) is 4.75. The van der Waals surface area contributed by atoms with Crippen molar-refractivity contribution in [1.82, 2.24) is 0 Å². The highest BCUT2D eigenvalue weighted by atomic mass is 35.5. The van der Waals surface area contributed by atoms with Crippen LogP contribution >= 0.6 is 28.7 Å². The Balaban J connectivity index is 2.21. The van der Waals surface area contributed by atoms with E-state index in [1.54, 1.807) is 0 Å². The fourth-order valence-electron chi connectivity index (χ4n) is 2.64. The summed E-state index contributed by atoms with van der Waals surface area (Å²) in [5.41, 5.74) is -3.01. The first-order valence-electron chi connectivity index (χ1n) is 8.71. The first-order valence-corrected chi connectivity index (χ1v) is 13.3. The summed E-state index contributed by atoms with van der Waals surface area (Å²) in [6, 6.07) is 6.81. The Hall–Kier alpha value is -1.64. The van der Waals surface area contributed by atoms with E-state index in [9.17, 15) is 14.9 Å². The summed E-state index contributed by atoms with van der Waals surface area (Å²) in [6.07, 6.45) is 0.897. The first kappa shape index (κ1) is 22.1. The molecule has 0 aliphatic carbocycles. The second-order valence-electron chi connectivity index (χ2n) is 5.94. The van der Waals surface area contributed by atoms with Crippen LogP contribution in [-0.4, -0.2) is 17.3 Å². The molecule has 3 aromatic rings. The molecule has 0 saturated carbocycles. The van der Waals surface area contributed by atoms with Crippen LogP contribution in [0.3, 0.4) is 0 Å². The van der Waals surface area contributed by atoms with Gasteiger partial charge >= 0.3 is 0 Å². The summed E-state index contributed by atoms with van der Waals surface area (Å²) in [7, 11) is 0. The van der Waals surface area contributed by atoms with Gasteiger partial charge in [0.05, 0.1) is 22.3 Å². The van der Waals surface area contributed by atoms with Gasteiger partial charge in [-0.3, -0.25) is 14.9 Å². The molecule has 1 heterocycles. The van der Waals surface area contributed by atoms with Crippen molar-refractivity contribution >= 4 is 68.1 Å². The lowest BCUT2D eigenvalue weighted by Crippen LogP contribution is -2.04. The Kier molecular flexibility index (Phi) is 6.86. The van der Waals surface area contributed by atoms with Crippen LogP contribution in [0.15, 0.2) is 39.5 Å². The van der Waals surface area contributed by atoms with Crippen LogP contribution in [0.2, 0.25) is 5.02 Å². The molecule has 29 heavy (non-hydrogen) atoms. The molecule has 0 aliphatic rings. The van der Waals surface area contributed by atoms with E-state index in [1.807, 2.05) is 13.8 Å². The van der Waals surface area contributed by atoms with Crippen LogP contribution in [0.25, 0.3) is 21.9 Å². The van der Waals surface area contributed by atoms with E-state index < -0.39 is 16.0 Å². The Morgan fingerprint density at radius 3 is 2.69 bits per heavy atom. The van der Waals surface area contributed by atoms with Crippen LogP contribution < -0.4 is 9.95 Å². The van der Waals surface area contributed by atoms with E-state index in [2.05, 4.69) is 0 Å². The maximum Gasteiger partial charge on any atom is 0.297 e. The summed E-state index contributed by atoms with van der Waals surface area (Å²) in [4.78, 5) is 23.4. The molecule has 0 fully saturated rings. The Morgan fingerprint density at radius 2 is 2.03 bits per heavy atom. The van der Waals surface area contributed by atoms with Gasteiger partial charge < -0.3 is 13.5 Å². The molecule has 0 saturated heterocycles. The van der Waals surface area contributed by atoms with E-state index in [0.717, 1.165) is 12.2 Å². The van der Waals surface area contributed by atoms with Gasteiger partial charge in [0.15, 0.2) is 11.3 Å². The second kappa shape index (κ2) is 9.02. The zero-order valence-electron chi connectivity index (χ0n) is 15.5. The smallest absolute Gasteiger partial charge is 0.297 e. The molecule has 1 atom stereocenters. The number of rotatable bonds is 8. The number of hydrogen-bond acceptors (Lipinski definition) is 8. The predicted molar refractivity (Wildman–Crippen MR) is 121 cm³/mol. The third-order valence-corrected chi connectivity index (χ3v) is 9.49.